The SMILES string of the molecule is COc1c(C2(c3ccccc3)OCCO2)ccc2ccccc12. The van der Waals surface area contributed by atoms with E-state index in [1.165, 1.54) is 0 Å². The Morgan fingerprint density at radius 2 is 1.52 bits per heavy atom. The van der Waals surface area contributed by atoms with Crippen LogP contribution in [0.5, 0.6) is 5.75 Å². The normalized spacial score (nSPS) is 16.6. The number of rotatable bonds is 3. The van der Waals surface area contributed by atoms with Gasteiger partial charge in [0.25, 0.3) is 0 Å². The lowest BCUT2D eigenvalue weighted by Crippen LogP contribution is -2.29. The molecule has 0 saturated carbocycles. The lowest BCUT2D eigenvalue weighted by molar-refractivity contribution is -0.130. The highest BCUT2D eigenvalue weighted by atomic mass is 16.7. The Hall–Kier alpha value is -2.36. The third-order valence-electron chi connectivity index (χ3n) is 4.29. The molecule has 0 radical (unpaired) electrons. The molecule has 0 amide bonds. The molecule has 0 unspecified atom stereocenters. The first-order valence-electron chi connectivity index (χ1n) is 7.75. The summed E-state index contributed by atoms with van der Waals surface area (Å²) in [5.74, 6) is -0.106. The van der Waals surface area contributed by atoms with Crippen LogP contribution in [0.3, 0.4) is 0 Å². The van der Waals surface area contributed by atoms with Gasteiger partial charge in [-0.2, -0.15) is 0 Å². The number of ether oxygens (including phenoxy) is 3. The number of fused-ring (bicyclic) bond motifs is 1. The Morgan fingerprint density at radius 3 is 2.26 bits per heavy atom. The van der Waals surface area contributed by atoms with Crippen LogP contribution in [-0.4, -0.2) is 20.3 Å². The van der Waals surface area contributed by atoms with E-state index in [0.717, 1.165) is 27.6 Å². The molecule has 0 atom stereocenters. The molecule has 1 aliphatic heterocycles. The van der Waals surface area contributed by atoms with Crippen LogP contribution in [0.2, 0.25) is 0 Å². The van der Waals surface area contributed by atoms with E-state index in [2.05, 4.69) is 18.2 Å². The van der Waals surface area contributed by atoms with Crippen molar-refractivity contribution in [2.75, 3.05) is 20.3 Å². The smallest absolute Gasteiger partial charge is 0.226 e. The maximum Gasteiger partial charge on any atom is 0.226 e. The van der Waals surface area contributed by atoms with Crippen molar-refractivity contribution in [2.45, 2.75) is 5.79 Å². The van der Waals surface area contributed by atoms with Crippen molar-refractivity contribution < 1.29 is 14.2 Å². The van der Waals surface area contributed by atoms with Crippen LogP contribution < -0.4 is 4.74 Å². The minimum Gasteiger partial charge on any atom is -0.496 e. The first-order valence-corrected chi connectivity index (χ1v) is 7.75. The molecule has 3 aromatic rings. The highest BCUT2D eigenvalue weighted by Gasteiger charge is 2.43. The summed E-state index contributed by atoms with van der Waals surface area (Å²) in [4.78, 5) is 0. The Kier molecular flexibility index (Phi) is 3.52. The summed E-state index contributed by atoms with van der Waals surface area (Å²) in [5.41, 5.74) is 1.88. The topological polar surface area (TPSA) is 27.7 Å². The van der Waals surface area contributed by atoms with Gasteiger partial charge in [-0.3, -0.25) is 0 Å². The summed E-state index contributed by atoms with van der Waals surface area (Å²) in [6.45, 7) is 1.12. The van der Waals surface area contributed by atoms with Crippen LogP contribution in [0.1, 0.15) is 11.1 Å². The summed E-state index contributed by atoms with van der Waals surface area (Å²) in [6, 6.07) is 22.3. The molecule has 0 spiro atoms. The van der Waals surface area contributed by atoms with Gasteiger partial charge in [0.1, 0.15) is 5.75 Å². The lowest BCUT2D eigenvalue weighted by atomic mass is 9.93. The molecular formula is C20H18O3. The predicted molar refractivity (Wildman–Crippen MR) is 89.6 cm³/mol. The van der Waals surface area contributed by atoms with Gasteiger partial charge >= 0.3 is 0 Å². The molecule has 3 nitrogen and oxygen atoms in total. The van der Waals surface area contributed by atoms with E-state index in [9.17, 15) is 0 Å². The van der Waals surface area contributed by atoms with Gasteiger partial charge in [-0.1, -0.05) is 60.7 Å². The zero-order valence-corrected chi connectivity index (χ0v) is 13.0. The molecule has 1 heterocycles. The van der Waals surface area contributed by atoms with Gasteiger partial charge in [0.2, 0.25) is 5.79 Å². The van der Waals surface area contributed by atoms with E-state index in [4.69, 9.17) is 14.2 Å². The van der Waals surface area contributed by atoms with E-state index >= 15 is 0 Å². The second-order valence-corrected chi connectivity index (χ2v) is 5.55. The summed E-state index contributed by atoms with van der Waals surface area (Å²) in [5, 5.41) is 2.19. The van der Waals surface area contributed by atoms with Gasteiger partial charge in [-0.15, -0.1) is 0 Å². The average molecular weight is 306 g/mol. The van der Waals surface area contributed by atoms with Crippen LogP contribution in [0.25, 0.3) is 10.8 Å². The van der Waals surface area contributed by atoms with E-state index in [1.807, 2.05) is 48.5 Å². The van der Waals surface area contributed by atoms with E-state index in [1.54, 1.807) is 7.11 Å². The van der Waals surface area contributed by atoms with E-state index in [0.29, 0.717) is 13.2 Å². The van der Waals surface area contributed by atoms with E-state index < -0.39 is 5.79 Å². The van der Waals surface area contributed by atoms with E-state index in [-0.39, 0.29) is 0 Å². The van der Waals surface area contributed by atoms with Crippen LogP contribution in [0.15, 0.2) is 66.7 Å². The molecule has 1 fully saturated rings. The fraction of sp³-hybridized carbons (Fsp3) is 0.200. The quantitative estimate of drug-likeness (QED) is 0.729. The lowest BCUT2D eigenvalue weighted by Gasteiger charge is -2.30. The zero-order chi connectivity index (χ0) is 15.7. The standard InChI is InChI=1S/C20H18O3/c1-21-19-17-10-6-5-7-15(17)11-12-18(19)20(22-13-14-23-20)16-8-3-2-4-9-16/h2-12H,13-14H2,1H3. The van der Waals surface area contributed by atoms with Crippen molar-refractivity contribution in [1.29, 1.82) is 0 Å². The van der Waals surface area contributed by atoms with Crippen LogP contribution >= 0.6 is 0 Å². The molecule has 1 saturated heterocycles. The average Bonchev–Trinajstić information content (AvgIpc) is 3.12. The molecule has 4 rings (SSSR count). The second-order valence-electron chi connectivity index (χ2n) is 5.55. The van der Waals surface area contributed by atoms with Crippen molar-refractivity contribution in [3.8, 4) is 5.75 Å². The monoisotopic (exact) mass is 306 g/mol. The number of hydrogen-bond donors (Lipinski definition) is 0. The number of hydrogen-bond acceptors (Lipinski definition) is 3. The summed E-state index contributed by atoms with van der Waals surface area (Å²) in [6.07, 6.45) is 0. The highest BCUT2D eigenvalue weighted by molar-refractivity contribution is 5.90. The minimum absolute atomic E-state index is 0.560. The van der Waals surface area contributed by atoms with Crippen molar-refractivity contribution in [3.63, 3.8) is 0 Å². The minimum atomic E-state index is -0.906. The molecule has 0 N–H and O–H groups in total. The van der Waals surface area contributed by atoms with Gasteiger partial charge < -0.3 is 14.2 Å². The largest absolute Gasteiger partial charge is 0.496 e. The maximum absolute atomic E-state index is 6.10. The van der Waals surface area contributed by atoms with Gasteiger partial charge in [0.15, 0.2) is 0 Å². The molecular weight excluding hydrogens is 288 g/mol. The highest BCUT2D eigenvalue weighted by Crippen LogP contribution is 2.45. The molecule has 3 aromatic carbocycles. The molecule has 0 aliphatic carbocycles. The Bertz CT molecular complexity index is 821. The first-order chi connectivity index (χ1) is 11.3. The van der Waals surface area contributed by atoms with Crippen LogP contribution in [0, 0.1) is 0 Å². The second kappa shape index (κ2) is 5.69. The number of benzene rings is 3. The third kappa shape index (κ3) is 2.21. The first kappa shape index (κ1) is 14.2. The van der Waals surface area contributed by atoms with Crippen LogP contribution in [-0.2, 0) is 15.3 Å². The maximum atomic E-state index is 6.10. The molecule has 0 aromatic heterocycles. The third-order valence-corrected chi connectivity index (χ3v) is 4.29. The van der Waals surface area contributed by atoms with Gasteiger partial charge in [0, 0.05) is 10.9 Å². The molecule has 116 valence electrons. The molecule has 0 bridgehead atoms. The van der Waals surface area contributed by atoms with Gasteiger partial charge in [-0.25, -0.2) is 0 Å². The summed E-state index contributed by atoms with van der Waals surface area (Å²) >= 11 is 0. The molecule has 1 aliphatic rings. The van der Waals surface area contributed by atoms with Crippen molar-refractivity contribution in [2.24, 2.45) is 0 Å². The number of methoxy groups -OCH3 is 1. The van der Waals surface area contributed by atoms with Gasteiger partial charge in [0.05, 0.1) is 25.9 Å². The zero-order valence-electron chi connectivity index (χ0n) is 13.0. The Morgan fingerprint density at radius 1 is 0.826 bits per heavy atom. The van der Waals surface area contributed by atoms with Gasteiger partial charge in [-0.05, 0) is 11.5 Å². The Balaban J connectivity index is 1.99. The van der Waals surface area contributed by atoms with Crippen molar-refractivity contribution >= 4 is 10.8 Å². The molecule has 23 heavy (non-hydrogen) atoms. The fourth-order valence-electron chi connectivity index (χ4n) is 3.27. The van der Waals surface area contributed by atoms with Crippen molar-refractivity contribution in [3.05, 3.63) is 77.9 Å². The van der Waals surface area contributed by atoms with Crippen LogP contribution in [0.4, 0.5) is 0 Å². The Labute approximate surface area is 135 Å². The molecule has 3 heteroatoms. The predicted octanol–water partition coefficient (Wildman–Crippen LogP) is 4.10. The summed E-state index contributed by atoms with van der Waals surface area (Å²) in [7, 11) is 1.69. The summed E-state index contributed by atoms with van der Waals surface area (Å²) < 4.78 is 18.0. The fourth-order valence-corrected chi connectivity index (χ4v) is 3.27. The van der Waals surface area contributed by atoms with Crippen molar-refractivity contribution in [1.82, 2.24) is 0 Å².